The average Bonchev–Trinajstić information content (AvgIpc) is 3.06. The first-order chi connectivity index (χ1) is 12.9. The van der Waals surface area contributed by atoms with Crippen molar-refractivity contribution >= 4 is 34.8 Å². The topological polar surface area (TPSA) is 67.9 Å². The molecule has 7 heteroatoms. The number of rotatable bonds is 5. The Morgan fingerprint density at radius 1 is 1.22 bits per heavy atom. The van der Waals surface area contributed by atoms with Crippen LogP contribution in [-0.2, 0) is 9.59 Å². The predicted octanol–water partition coefficient (Wildman–Crippen LogP) is 3.66. The van der Waals surface area contributed by atoms with Crippen LogP contribution >= 0.6 is 11.6 Å². The van der Waals surface area contributed by atoms with E-state index in [4.69, 9.17) is 21.1 Å². The van der Waals surface area contributed by atoms with Gasteiger partial charge in [0.2, 0.25) is 11.8 Å². The van der Waals surface area contributed by atoms with Gasteiger partial charge in [0.1, 0.15) is 11.5 Å². The molecule has 0 aliphatic carbocycles. The fourth-order valence-electron chi connectivity index (χ4n) is 3.08. The van der Waals surface area contributed by atoms with Crippen LogP contribution in [0.5, 0.6) is 11.5 Å². The first-order valence-electron chi connectivity index (χ1n) is 8.52. The first kappa shape index (κ1) is 19.0. The average molecular weight is 389 g/mol. The number of amides is 2. The highest BCUT2D eigenvalue weighted by Gasteiger charge is 2.35. The molecule has 27 heavy (non-hydrogen) atoms. The smallest absolute Gasteiger partial charge is 0.229 e. The molecule has 2 aromatic rings. The normalized spacial score (nSPS) is 16.4. The molecule has 0 spiro atoms. The van der Waals surface area contributed by atoms with Gasteiger partial charge in [-0.25, -0.2) is 0 Å². The van der Waals surface area contributed by atoms with E-state index in [2.05, 4.69) is 5.32 Å². The van der Waals surface area contributed by atoms with E-state index in [0.29, 0.717) is 28.8 Å². The Bertz CT molecular complexity index is 884. The summed E-state index contributed by atoms with van der Waals surface area (Å²) in [5.74, 6) is 0.364. The van der Waals surface area contributed by atoms with Crippen molar-refractivity contribution < 1.29 is 19.1 Å². The largest absolute Gasteiger partial charge is 0.497 e. The van der Waals surface area contributed by atoms with Gasteiger partial charge in [0.15, 0.2) is 0 Å². The summed E-state index contributed by atoms with van der Waals surface area (Å²) >= 11 is 6.10. The van der Waals surface area contributed by atoms with Crippen LogP contribution in [-0.4, -0.2) is 32.6 Å². The van der Waals surface area contributed by atoms with Crippen LogP contribution in [0.1, 0.15) is 12.0 Å². The number of aryl methyl sites for hydroxylation is 1. The van der Waals surface area contributed by atoms with Crippen LogP contribution < -0.4 is 19.7 Å². The Kier molecular flexibility index (Phi) is 5.56. The minimum absolute atomic E-state index is 0.0948. The summed E-state index contributed by atoms with van der Waals surface area (Å²) in [6, 6.07) is 10.7. The number of carbonyl (C=O) groups excluding carboxylic acids is 2. The zero-order valence-electron chi connectivity index (χ0n) is 15.4. The number of hydrogen-bond donors (Lipinski definition) is 1. The quantitative estimate of drug-likeness (QED) is 0.848. The van der Waals surface area contributed by atoms with Crippen molar-refractivity contribution in [2.45, 2.75) is 13.3 Å². The van der Waals surface area contributed by atoms with Gasteiger partial charge in [0, 0.05) is 35.8 Å². The molecular formula is C20H21ClN2O4. The zero-order valence-corrected chi connectivity index (χ0v) is 16.2. The van der Waals surface area contributed by atoms with Gasteiger partial charge >= 0.3 is 0 Å². The number of methoxy groups -OCH3 is 2. The van der Waals surface area contributed by atoms with Gasteiger partial charge in [0.25, 0.3) is 0 Å². The minimum Gasteiger partial charge on any atom is -0.497 e. The summed E-state index contributed by atoms with van der Waals surface area (Å²) in [6.45, 7) is 2.16. The minimum atomic E-state index is -0.454. The van der Waals surface area contributed by atoms with Gasteiger partial charge in [0.05, 0.1) is 25.8 Å². The number of ether oxygens (including phenoxy) is 2. The van der Waals surface area contributed by atoms with E-state index in [9.17, 15) is 9.59 Å². The Balaban J connectivity index is 1.75. The highest BCUT2D eigenvalue weighted by atomic mass is 35.5. The van der Waals surface area contributed by atoms with Crippen LogP contribution in [0.2, 0.25) is 5.02 Å². The summed E-state index contributed by atoms with van der Waals surface area (Å²) in [5, 5.41) is 3.42. The second-order valence-corrected chi connectivity index (χ2v) is 6.80. The van der Waals surface area contributed by atoms with E-state index in [1.807, 2.05) is 25.1 Å². The van der Waals surface area contributed by atoms with E-state index in [1.54, 1.807) is 30.2 Å². The second-order valence-electron chi connectivity index (χ2n) is 6.40. The van der Waals surface area contributed by atoms with Gasteiger partial charge in [-0.15, -0.1) is 0 Å². The predicted molar refractivity (Wildman–Crippen MR) is 105 cm³/mol. The third kappa shape index (κ3) is 4.01. The SMILES string of the molecule is COc1cccc(N2CC(C(=O)Nc3cc(C)c(Cl)cc3OC)CC2=O)c1. The lowest BCUT2D eigenvalue weighted by Gasteiger charge is -2.18. The lowest BCUT2D eigenvalue weighted by molar-refractivity contribution is -0.122. The molecule has 1 aliphatic rings. The number of anilines is 2. The van der Waals surface area contributed by atoms with E-state index >= 15 is 0 Å². The summed E-state index contributed by atoms with van der Waals surface area (Å²) in [6.07, 6.45) is 0.151. The standard InChI is InChI=1S/C20H21ClN2O4/c1-12-7-17(18(27-3)10-16(12)21)22-20(25)13-8-19(24)23(11-13)14-5-4-6-15(9-14)26-2/h4-7,9-10,13H,8,11H2,1-3H3,(H,22,25). The Hall–Kier alpha value is -2.73. The van der Waals surface area contributed by atoms with E-state index in [0.717, 1.165) is 11.3 Å². The van der Waals surface area contributed by atoms with E-state index < -0.39 is 5.92 Å². The van der Waals surface area contributed by atoms with Crippen molar-refractivity contribution in [3.8, 4) is 11.5 Å². The Morgan fingerprint density at radius 2 is 2.00 bits per heavy atom. The van der Waals surface area contributed by atoms with Crippen LogP contribution in [0.3, 0.4) is 0 Å². The maximum absolute atomic E-state index is 12.7. The Morgan fingerprint density at radius 3 is 2.70 bits per heavy atom. The van der Waals surface area contributed by atoms with Crippen molar-refractivity contribution in [3.05, 3.63) is 47.0 Å². The highest BCUT2D eigenvalue weighted by Crippen LogP contribution is 2.33. The van der Waals surface area contributed by atoms with Gasteiger partial charge in [-0.3, -0.25) is 9.59 Å². The summed E-state index contributed by atoms with van der Waals surface area (Å²) in [5.41, 5.74) is 2.08. The molecule has 1 atom stereocenters. The molecule has 1 heterocycles. The molecule has 6 nitrogen and oxygen atoms in total. The molecule has 0 aromatic heterocycles. The van der Waals surface area contributed by atoms with Gasteiger partial charge in [-0.1, -0.05) is 17.7 Å². The van der Waals surface area contributed by atoms with Gasteiger partial charge in [-0.05, 0) is 30.7 Å². The first-order valence-corrected chi connectivity index (χ1v) is 8.90. The molecule has 1 N–H and O–H groups in total. The molecule has 2 amide bonds. The number of carbonyl (C=O) groups is 2. The van der Waals surface area contributed by atoms with E-state index in [-0.39, 0.29) is 18.2 Å². The third-order valence-electron chi connectivity index (χ3n) is 4.60. The molecule has 3 rings (SSSR count). The van der Waals surface area contributed by atoms with Crippen molar-refractivity contribution in [3.63, 3.8) is 0 Å². The highest BCUT2D eigenvalue weighted by molar-refractivity contribution is 6.31. The van der Waals surface area contributed by atoms with Crippen LogP contribution in [0.25, 0.3) is 0 Å². The third-order valence-corrected chi connectivity index (χ3v) is 5.01. The zero-order chi connectivity index (χ0) is 19.6. The molecule has 1 saturated heterocycles. The molecule has 2 aromatic carbocycles. The molecule has 0 bridgehead atoms. The van der Waals surface area contributed by atoms with Crippen molar-refractivity contribution in [1.82, 2.24) is 0 Å². The molecule has 1 aliphatic heterocycles. The molecule has 0 saturated carbocycles. The fraction of sp³-hybridized carbons (Fsp3) is 0.300. The molecule has 142 valence electrons. The number of benzene rings is 2. The lowest BCUT2D eigenvalue weighted by Crippen LogP contribution is -2.28. The van der Waals surface area contributed by atoms with E-state index in [1.165, 1.54) is 7.11 Å². The molecule has 1 fully saturated rings. The summed E-state index contributed by atoms with van der Waals surface area (Å²) in [7, 11) is 3.09. The Labute approximate surface area is 163 Å². The van der Waals surface area contributed by atoms with Crippen molar-refractivity contribution in [2.75, 3.05) is 31.0 Å². The molecule has 0 radical (unpaired) electrons. The number of hydrogen-bond acceptors (Lipinski definition) is 4. The summed E-state index contributed by atoms with van der Waals surface area (Å²) in [4.78, 5) is 26.8. The second kappa shape index (κ2) is 7.88. The monoisotopic (exact) mass is 388 g/mol. The fourth-order valence-corrected chi connectivity index (χ4v) is 3.23. The van der Waals surface area contributed by atoms with Crippen LogP contribution in [0, 0.1) is 12.8 Å². The van der Waals surface area contributed by atoms with Gasteiger partial charge in [-0.2, -0.15) is 0 Å². The number of halogens is 1. The molecule has 1 unspecified atom stereocenters. The van der Waals surface area contributed by atoms with Crippen LogP contribution in [0.4, 0.5) is 11.4 Å². The van der Waals surface area contributed by atoms with Gasteiger partial charge < -0.3 is 19.7 Å². The maximum Gasteiger partial charge on any atom is 0.229 e. The number of nitrogens with zero attached hydrogens (tertiary/aromatic N) is 1. The van der Waals surface area contributed by atoms with Crippen molar-refractivity contribution in [2.24, 2.45) is 5.92 Å². The van der Waals surface area contributed by atoms with Crippen LogP contribution in [0.15, 0.2) is 36.4 Å². The number of nitrogens with one attached hydrogen (secondary N) is 1. The van der Waals surface area contributed by atoms with Crippen molar-refractivity contribution in [1.29, 1.82) is 0 Å². The maximum atomic E-state index is 12.7. The molecular weight excluding hydrogens is 368 g/mol. The summed E-state index contributed by atoms with van der Waals surface area (Å²) < 4.78 is 10.5. The lowest BCUT2D eigenvalue weighted by atomic mass is 10.1.